The molecule has 1 aliphatic carbocycles. The van der Waals surface area contributed by atoms with Gasteiger partial charge >= 0.3 is 0 Å². The summed E-state index contributed by atoms with van der Waals surface area (Å²) in [6.45, 7) is 0. The van der Waals surface area contributed by atoms with E-state index in [-0.39, 0.29) is 0 Å². The van der Waals surface area contributed by atoms with Crippen molar-refractivity contribution >= 4 is 0 Å². The van der Waals surface area contributed by atoms with Crippen LogP contribution >= 0.6 is 0 Å². The summed E-state index contributed by atoms with van der Waals surface area (Å²) in [5.41, 5.74) is 1.79. The van der Waals surface area contributed by atoms with Gasteiger partial charge in [-0.3, -0.25) is 4.98 Å². The monoisotopic (exact) mass is 278 g/mol. The van der Waals surface area contributed by atoms with Crippen molar-refractivity contribution in [2.75, 3.05) is 0 Å². The molecule has 1 aliphatic rings. The fourth-order valence-corrected chi connectivity index (χ4v) is 2.72. The number of oxazole rings is 1. The Balaban J connectivity index is 1.63. The fraction of sp³-hybridized carbons (Fsp3) is 0.250. The van der Waals surface area contributed by atoms with Crippen molar-refractivity contribution in [2.45, 2.75) is 25.2 Å². The summed E-state index contributed by atoms with van der Waals surface area (Å²) in [7, 11) is 0. The van der Waals surface area contributed by atoms with Crippen LogP contribution in [0.25, 0.3) is 11.6 Å². The lowest BCUT2D eigenvalue weighted by atomic mass is 9.89. The molecule has 0 aromatic carbocycles. The van der Waals surface area contributed by atoms with E-state index in [0.717, 1.165) is 42.2 Å². The zero-order valence-corrected chi connectivity index (χ0v) is 11.4. The maximum absolute atomic E-state index is 5.86. The van der Waals surface area contributed by atoms with Crippen LogP contribution in [0.15, 0.2) is 47.3 Å². The molecule has 0 spiro atoms. The van der Waals surface area contributed by atoms with Crippen molar-refractivity contribution < 1.29 is 4.42 Å². The van der Waals surface area contributed by atoms with E-state index >= 15 is 0 Å². The Labute approximate surface area is 122 Å². The lowest BCUT2D eigenvalue weighted by Gasteiger charge is -2.18. The Morgan fingerprint density at radius 2 is 1.86 bits per heavy atom. The second kappa shape index (κ2) is 5.09. The lowest BCUT2D eigenvalue weighted by molar-refractivity contribution is 0.456. The van der Waals surface area contributed by atoms with Gasteiger partial charge in [0.15, 0.2) is 0 Å². The molecule has 0 N–H and O–H groups in total. The van der Waals surface area contributed by atoms with Gasteiger partial charge in [-0.05, 0) is 24.6 Å². The maximum atomic E-state index is 5.86. The van der Waals surface area contributed by atoms with E-state index in [2.05, 4.69) is 19.9 Å². The third-order valence-corrected chi connectivity index (χ3v) is 3.77. The number of hydrogen-bond acceptors (Lipinski definition) is 5. The summed E-state index contributed by atoms with van der Waals surface area (Å²) in [6, 6.07) is 7.57. The van der Waals surface area contributed by atoms with Crippen molar-refractivity contribution in [3.8, 4) is 11.6 Å². The number of nitrogens with zero attached hydrogens (tertiary/aromatic N) is 4. The van der Waals surface area contributed by atoms with Crippen molar-refractivity contribution in [1.29, 1.82) is 0 Å². The maximum Gasteiger partial charge on any atom is 0.245 e. The van der Waals surface area contributed by atoms with Crippen LogP contribution < -0.4 is 0 Å². The number of aromatic nitrogens is 4. The molecule has 3 aromatic heterocycles. The number of hydrogen-bond donors (Lipinski definition) is 0. The van der Waals surface area contributed by atoms with Gasteiger partial charge in [0.25, 0.3) is 0 Å². The van der Waals surface area contributed by atoms with Gasteiger partial charge in [-0.25, -0.2) is 15.0 Å². The molecule has 0 radical (unpaired) electrons. The van der Waals surface area contributed by atoms with Gasteiger partial charge in [0.05, 0.1) is 5.69 Å². The summed E-state index contributed by atoms with van der Waals surface area (Å²) in [6.07, 6.45) is 8.03. The molecule has 0 bridgehead atoms. The topological polar surface area (TPSA) is 64.7 Å². The molecule has 5 nitrogen and oxygen atoms in total. The van der Waals surface area contributed by atoms with Crippen LogP contribution in [-0.2, 0) is 12.8 Å². The van der Waals surface area contributed by atoms with Gasteiger partial charge in [-0.15, -0.1) is 0 Å². The van der Waals surface area contributed by atoms with Gasteiger partial charge in [0, 0.05) is 37.4 Å². The van der Waals surface area contributed by atoms with Crippen LogP contribution in [-0.4, -0.2) is 19.9 Å². The first kappa shape index (κ1) is 12.2. The summed E-state index contributed by atoms with van der Waals surface area (Å²) in [5, 5.41) is 0. The molecule has 0 saturated carbocycles. The molecule has 1 atom stereocenters. The first-order valence-corrected chi connectivity index (χ1v) is 7.07. The number of fused-ring (bicyclic) bond motifs is 1. The Kier molecular flexibility index (Phi) is 2.96. The molecule has 3 heterocycles. The third-order valence-electron chi connectivity index (χ3n) is 3.77. The van der Waals surface area contributed by atoms with Crippen LogP contribution in [0.5, 0.6) is 0 Å². The highest BCUT2D eigenvalue weighted by molar-refractivity contribution is 5.47. The Hall–Kier alpha value is -2.56. The van der Waals surface area contributed by atoms with Crippen LogP contribution in [0.1, 0.15) is 29.6 Å². The average Bonchev–Trinajstić information content (AvgIpc) is 2.99. The van der Waals surface area contributed by atoms with Crippen molar-refractivity contribution in [1.82, 2.24) is 19.9 Å². The van der Waals surface area contributed by atoms with Crippen LogP contribution in [0, 0.1) is 0 Å². The zero-order valence-electron chi connectivity index (χ0n) is 11.4. The average molecular weight is 278 g/mol. The molecule has 0 aliphatic heterocycles. The molecule has 0 amide bonds. The minimum absolute atomic E-state index is 0.320. The van der Waals surface area contributed by atoms with Gasteiger partial charge < -0.3 is 4.42 Å². The van der Waals surface area contributed by atoms with Gasteiger partial charge in [0.1, 0.15) is 17.3 Å². The third kappa shape index (κ3) is 2.31. The summed E-state index contributed by atoms with van der Waals surface area (Å²) in [5.74, 6) is 2.80. The first-order valence-electron chi connectivity index (χ1n) is 7.07. The zero-order chi connectivity index (χ0) is 14.1. The van der Waals surface area contributed by atoms with Crippen molar-refractivity contribution in [3.63, 3.8) is 0 Å². The van der Waals surface area contributed by atoms with Crippen LogP contribution in [0.4, 0.5) is 0 Å². The fourth-order valence-electron chi connectivity index (χ4n) is 2.72. The summed E-state index contributed by atoms with van der Waals surface area (Å²) < 4.78 is 5.86. The molecular formula is C16H14N4O. The first-order chi connectivity index (χ1) is 10.4. The van der Waals surface area contributed by atoms with E-state index < -0.39 is 0 Å². The lowest BCUT2D eigenvalue weighted by Crippen LogP contribution is -2.14. The quantitative estimate of drug-likeness (QED) is 0.721. The molecule has 3 aromatic rings. The largest absolute Gasteiger partial charge is 0.440 e. The number of rotatable bonds is 2. The smallest absolute Gasteiger partial charge is 0.245 e. The van der Waals surface area contributed by atoms with Crippen molar-refractivity contribution in [3.05, 3.63) is 60.1 Å². The Morgan fingerprint density at radius 1 is 1.00 bits per heavy atom. The van der Waals surface area contributed by atoms with E-state index in [4.69, 9.17) is 4.42 Å². The minimum atomic E-state index is 0.320. The predicted molar refractivity (Wildman–Crippen MR) is 76.5 cm³/mol. The Morgan fingerprint density at radius 3 is 2.67 bits per heavy atom. The van der Waals surface area contributed by atoms with E-state index in [1.165, 1.54) is 0 Å². The highest BCUT2D eigenvalue weighted by Gasteiger charge is 2.27. The molecular weight excluding hydrogens is 264 g/mol. The molecule has 4 rings (SSSR count). The molecule has 5 heteroatoms. The minimum Gasteiger partial charge on any atom is -0.440 e. The van der Waals surface area contributed by atoms with Gasteiger partial charge in [-0.1, -0.05) is 6.07 Å². The normalized spacial score (nSPS) is 17.4. The van der Waals surface area contributed by atoms with E-state index in [9.17, 15) is 0 Å². The van der Waals surface area contributed by atoms with Crippen molar-refractivity contribution in [2.24, 2.45) is 0 Å². The van der Waals surface area contributed by atoms with Crippen LogP contribution in [0.3, 0.4) is 0 Å². The number of aryl methyl sites for hydroxylation is 1. The molecule has 0 fully saturated rings. The van der Waals surface area contributed by atoms with E-state index in [1.807, 2.05) is 24.3 Å². The highest BCUT2D eigenvalue weighted by atomic mass is 16.4. The second-order valence-electron chi connectivity index (χ2n) is 5.15. The molecule has 1 unspecified atom stereocenters. The Bertz CT molecular complexity index is 739. The van der Waals surface area contributed by atoms with Gasteiger partial charge in [0.2, 0.25) is 5.89 Å². The van der Waals surface area contributed by atoms with Gasteiger partial charge in [-0.2, -0.15) is 0 Å². The standard InChI is InChI=1S/C16H14N4O/c1-2-7-17-12(4-1)16-20-13-10-11(5-6-14(13)21-16)15-18-8-3-9-19-15/h1-4,7-9,11H,5-6,10H2. The molecule has 104 valence electrons. The number of pyridine rings is 1. The summed E-state index contributed by atoms with van der Waals surface area (Å²) in [4.78, 5) is 17.6. The molecule has 21 heavy (non-hydrogen) atoms. The summed E-state index contributed by atoms with van der Waals surface area (Å²) >= 11 is 0. The SMILES string of the molecule is c1ccc(-c2nc3c(o2)CCC(c2ncccn2)C3)nc1. The van der Waals surface area contributed by atoms with E-state index in [1.54, 1.807) is 18.6 Å². The predicted octanol–water partition coefficient (Wildman–Crippen LogP) is 2.80. The highest BCUT2D eigenvalue weighted by Crippen LogP contribution is 2.32. The van der Waals surface area contributed by atoms with E-state index in [0.29, 0.717) is 11.8 Å². The second-order valence-corrected chi connectivity index (χ2v) is 5.15. The molecule has 0 saturated heterocycles. The van der Waals surface area contributed by atoms with Crippen LogP contribution in [0.2, 0.25) is 0 Å².